The highest BCUT2D eigenvalue weighted by Gasteiger charge is 2.22. The van der Waals surface area contributed by atoms with Gasteiger partial charge in [0.25, 0.3) is 0 Å². The van der Waals surface area contributed by atoms with Crippen LogP contribution in [-0.4, -0.2) is 37.9 Å². The Hall–Kier alpha value is -2.38. The quantitative estimate of drug-likeness (QED) is 0.627. The predicted molar refractivity (Wildman–Crippen MR) is 118 cm³/mol. The van der Waals surface area contributed by atoms with E-state index in [1.54, 1.807) is 11.3 Å². The van der Waals surface area contributed by atoms with Gasteiger partial charge in [-0.2, -0.15) is 0 Å². The highest BCUT2D eigenvalue weighted by molar-refractivity contribution is 7.15. The summed E-state index contributed by atoms with van der Waals surface area (Å²) in [5, 5.41) is 4.23. The Balaban J connectivity index is 1.33. The molecule has 152 valence electrons. The first-order chi connectivity index (χ1) is 14.1. The fraction of sp³-hybridized carbons (Fsp3) is 0.455. The van der Waals surface area contributed by atoms with Gasteiger partial charge in [0.05, 0.1) is 0 Å². The lowest BCUT2D eigenvalue weighted by molar-refractivity contribution is 0.203. The van der Waals surface area contributed by atoms with E-state index in [-0.39, 0.29) is 0 Å². The van der Waals surface area contributed by atoms with E-state index >= 15 is 0 Å². The van der Waals surface area contributed by atoms with Crippen molar-refractivity contribution >= 4 is 22.3 Å². The molecule has 0 aliphatic carbocycles. The van der Waals surface area contributed by atoms with E-state index in [0.29, 0.717) is 11.8 Å². The summed E-state index contributed by atoms with van der Waals surface area (Å²) in [5.74, 6) is 2.67. The summed E-state index contributed by atoms with van der Waals surface area (Å²) in [7, 11) is 0. The lowest BCUT2D eigenvalue weighted by atomic mass is 9.93. The summed E-state index contributed by atoms with van der Waals surface area (Å²) in [5.41, 5.74) is 2.36. The minimum atomic E-state index is 0.372. The van der Waals surface area contributed by atoms with E-state index < -0.39 is 0 Å². The van der Waals surface area contributed by atoms with Crippen LogP contribution in [0, 0.1) is 6.92 Å². The van der Waals surface area contributed by atoms with Crippen molar-refractivity contribution in [3.63, 3.8) is 0 Å². The molecule has 0 bridgehead atoms. The van der Waals surface area contributed by atoms with Gasteiger partial charge in [-0.3, -0.25) is 4.90 Å². The van der Waals surface area contributed by atoms with Crippen molar-refractivity contribution in [3.8, 4) is 0 Å². The second-order valence-electron chi connectivity index (χ2n) is 8.00. The van der Waals surface area contributed by atoms with Crippen LogP contribution in [0.4, 0.5) is 10.9 Å². The van der Waals surface area contributed by atoms with E-state index in [2.05, 4.69) is 58.1 Å². The minimum Gasteiger partial charge on any atom is -0.316 e. The van der Waals surface area contributed by atoms with E-state index in [1.807, 2.05) is 24.7 Å². The average molecular weight is 409 g/mol. The van der Waals surface area contributed by atoms with E-state index in [1.165, 1.54) is 16.1 Å². The topological polar surface area (TPSA) is 66.8 Å². The number of aryl methyl sites for hydroxylation is 1. The minimum absolute atomic E-state index is 0.372. The highest BCUT2D eigenvalue weighted by Crippen LogP contribution is 2.29. The Morgan fingerprint density at radius 2 is 1.86 bits per heavy atom. The third-order valence-electron chi connectivity index (χ3n) is 5.28. The van der Waals surface area contributed by atoms with Gasteiger partial charge < -0.3 is 5.32 Å². The molecule has 1 N–H and O–H groups in total. The molecular formula is C22H28N6S. The van der Waals surface area contributed by atoms with Crippen molar-refractivity contribution < 1.29 is 0 Å². The van der Waals surface area contributed by atoms with E-state index in [0.717, 1.165) is 49.2 Å². The molecule has 0 unspecified atom stereocenters. The molecule has 0 radical (unpaired) electrons. The fourth-order valence-corrected chi connectivity index (χ4v) is 4.33. The highest BCUT2D eigenvalue weighted by atomic mass is 32.1. The smallest absolute Gasteiger partial charge is 0.188 e. The molecule has 4 heterocycles. The molecular weight excluding hydrogens is 380 g/mol. The lowest BCUT2D eigenvalue weighted by Crippen LogP contribution is -2.32. The summed E-state index contributed by atoms with van der Waals surface area (Å²) >= 11 is 1.65. The van der Waals surface area contributed by atoms with E-state index in [4.69, 9.17) is 4.98 Å². The standard InChI is InChI=1S/C22H28N6S/c1-15(2)21-23-12-17(13-24-21)14-28-9-7-18(8-10-28)19-5-4-6-20(26-19)27-22-25-11-16(3)29-22/h4-6,11-13,15,18H,7-10,14H2,1-3H3,(H,25,26,27). The van der Waals surface area contributed by atoms with Gasteiger partial charge in [-0.25, -0.2) is 19.9 Å². The number of hydrogen-bond acceptors (Lipinski definition) is 7. The Morgan fingerprint density at radius 1 is 1.10 bits per heavy atom. The molecule has 0 atom stereocenters. The van der Waals surface area contributed by atoms with Gasteiger partial charge in [0.1, 0.15) is 11.6 Å². The van der Waals surface area contributed by atoms with Crippen molar-refractivity contribution in [2.45, 2.75) is 52.0 Å². The Labute approximate surface area is 176 Å². The molecule has 0 spiro atoms. The number of anilines is 2. The van der Waals surface area contributed by atoms with Gasteiger partial charge in [-0.05, 0) is 45.0 Å². The van der Waals surface area contributed by atoms with Crippen LogP contribution in [0.2, 0.25) is 0 Å². The van der Waals surface area contributed by atoms with Crippen LogP contribution in [0.25, 0.3) is 0 Å². The summed E-state index contributed by atoms with van der Waals surface area (Å²) in [4.78, 5) is 21.9. The van der Waals surface area contributed by atoms with Crippen molar-refractivity contribution in [3.05, 3.63) is 58.7 Å². The number of pyridine rings is 1. The normalized spacial score (nSPS) is 15.7. The molecule has 3 aromatic rings. The molecule has 0 aromatic carbocycles. The second kappa shape index (κ2) is 8.97. The molecule has 1 aliphatic rings. The Morgan fingerprint density at radius 3 is 2.52 bits per heavy atom. The largest absolute Gasteiger partial charge is 0.316 e. The molecule has 7 heteroatoms. The zero-order valence-corrected chi connectivity index (χ0v) is 18.1. The Kier molecular flexibility index (Phi) is 6.16. The average Bonchev–Trinajstić information content (AvgIpc) is 3.14. The molecule has 3 aromatic heterocycles. The molecule has 1 saturated heterocycles. The van der Waals surface area contributed by atoms with Crippen LogP contribution < -0.4 is 5.32 Å². The van der Waals surface area contributed by atoms with Crippen LogP contribution in [0.5, 0.6) is 0 Å². The zero-order valence-electron chi connectivity index (χ0n) is 17.3. The van der Waals surface area contributed by atoms with Crippen LogP contribution in [0.15, 0.2) is 36.8 Å². The molecule has 6 nitrogen and oxygen atoms in total. The van der Waals surface area contributed by atoms with Crippen LogP contribution >= 0.6 is 11.3 Å². The van der Waals surface area contributed by atoms with Crippen LogP contribution in [0.3, 0.4) is 0 Å². The molecule has 0 saturated carbocycles. The number of nitrogens with zero attached hydrogens (tertiary/aromatic N) is 5. The number of thiazole rings is 1. The third-order valence-corrected chi connectivity index (χ3v) is 6.11. The van der Waals surface area contributed by atoms with Crippen molar-refractivity contribution in [1.82, 2.24) is 24.8 Å². The molecule has 4 rings (SSSR count). The fourth-order valence-electron chi connectivity index (χ4n) is 3.66. The number of nitrogens with one attached hydrogen (secondary N) is 1. The van der Waals surface area contributed by atoms with Gasteiger partial charge in [-0.1, -0.05) is 19.9 Å². The van der Waals surface area contributed by atoms with Crippen molar-refractivity contribution in [2.24, 2.45) is 0 Å². The zero-order chi connectivity index (χ0) is 20.2. The van der Waals surface area contributed by atoms with Gasteiger partial charge in [-0.15, -0.1) is 11.3 Å². The molecule has 29 heavy (non-hydrogen) atoms. The second-order valence-corrected chi connectivity index (χ2v) is 9.24. The molecule has 0 amide bonds. The lowest BCUT2D eigenvalue weighted by Gasteiger charge is -2.31. The number of hydrogen-bond donors (Lipinski definition) is 1. The Bertz CT molecular complexity index is 928. The maximum Gasteiger partial charge on any atom is 0.188 e. The maximum atomic E-state index is 4.85. The monoisotopic (exact) mass is 408 g/mol. The van der Waals surface area contributed by atoms with Crippen molar-refractivity contribution in [1.29, 1.82) is 0 Å². The number of aromatic nitrogens is 4. The van der Waals surface area contributed by atoms with Crippen LogP contribution in [-0.2, 0) is 6.54 Å². The first-order valence-electron chi connectivity index (χ1n) is 10.3. The summed E-state index contributed by atoms with van der Waals surface area (Å²) < 4.78 is 0. The summed E-state index contributed by atoms with van der Waals surface area (Å²) in [6, 6.07) is 6.25. The first kappa shape index (κ1) is 19.9. The van der Waals surface area contributed by atoms with Gasteiger partial charge in [0.15, 0.2) is 5.13 Å². The van der Waals surface area contributed by atoms with Gasteiger partial charge >= 0.3 is 0 Å². The SMILES string of the molecule is Cc1cnc(Nc2cccc(C3CCN(Cc4cnc(C(C)C)nc4)CC3)n2)s1. The first-order valence-corrected chi connectivity index (χ1v) is 11.1. The van der Waals surface area contributed by atoms with E-state index in [9.17, 15) is 0 Å². The van der Waals surface area contributed by atoms with Gasteiger partial charge in [0.2, 0.25) is 0 Å². The third kappa shape index (κ3) is 5.16. The molecule has 1 aliphatic heterocycles. The van der Waals surface area contributed by atoms with Crippen LogP contribution in [0.1, 0.15) is 60.5 Å². The number of likely N-dealkylation sites (tertiary alicyclic amines) is 1. The molecule has 1 fully saturated rings. The number of rotatable bonds is 6. The summed E-state index contributed by atoms with van der Waals surface area (Å²) in [6.07, 6.45) is 8.08. The predicted octanol–water partition coefficient (Wildman–Crippen LogP) is 4.88. The van der Waals surface area contributed by atoms with Gasteiger partial charge in [0, 0.05) is 53.1 Å². The maximum absolute atomic E-state index is 4.85. The number of piperidine rings is 1. The summed E-state index contributed by atoms with van der Waals surface area (Å²) in [6.45, 7) is 9.37. The van der Waals surface area contributed by atoms with Crippen molar-refractivity contribution in [2.75, 3.05) is 18.4 Å².